The van der Waals surface area contributed by atoms with E-state index in [1.807, 2.05) is 14.1 Å². The Labute approximate surface area is 132 Å². The van der Waals surface area contributed by atoms with E-state index in [0.29, 0.717) is 0 Å². The minimum absolute atomic E-state index is 0.905. The lowest BCUT2D eigenvalue weighted by molar-refractivity contribution is 0.120. The molecular weight excluding hydrogens is 260 g/mol. The van der Waals surface area contributed by atoms with Crippen LogP contribution in [0.2, 0.25) is 0 Å². The number of rotatable bonds is 5. The Kier molecular flexibility index (Phi) is 9.92. The van der Waals surface area contributed by atoms with Gasteiger partial charge in [-0.05, 0) is 59.4 Å². The van der Waals surface area contributed by atoms with Gasteiger partial charge in [0, 0.05) is 39.3 Å². The van der Waals surface area contributed by atoms with Gasteiger partial charge in [-0.3, -0.25) is 4.90 Å². The number of allylic oxidation sites excluding steroid dienone is 1. The summed E-state index contributed by atoms with van der Waals surface area (Å²) < 4.78 is 0. The van der Waals surface area contributed by atoms with Crippen LogP contribution in [0.3, 0.4) is 0 Å². The Morgan fingerprint density at radius 1 is 0.952 bits per heavy atom. The Balaban J connectivity index is 0.000000677. The zero-order chi connectivity index (χ0) is 15.5. The third-order valence-electron chi connectivity index (χ3n) is 4.54. The topological polar surface area (TPSA) is 21.8 Å². The molecule has 124 valence electrons. The second-order valence-corrected chi connectivity index (χ2v) is 6.45. The van der Waals surface area contributed by atoms with Gasteiger partial charge in [0.25, 0.3) is 0 Å². The summed E-state index contributed by atoms with van der Waals surface area (Å²) in [6.07, 6.45) is 6.04. The van der Waals surface area contributed by atoms with E-state index in [1.54, 1.807) is 0 Å². The highest BCUT2D eigenvalue weighted by Crippen LogP contribution is 2.20. The maximum absolute atomic E-state index is 3.85. The normalized spacial score (nSPS) is 22.6. The largest absolute Gasteiger partial charge is 0.323 e. The molecular formula is C17H36N4. The molecule has 0 aromatic carbocycles. The third kappa shape index (κ3) is 7.96. The third-order valence-corrected chi connectivity index (χ3v) is 4.54. The van der Waals surface area contributed by atoms with Crippen LogP contribution in [0.5, 0.6) is 0 Å². The van der Waals surface area contributed by atoms with Crippen molar-refractivity contribution < 1.29 is 0 Å². The van der Waals surface area contributed by atoms with Gasteiger partial charge < -0.3 is 15.1 Å². The van der Waals surface area contributed by atoms with Crippen LogP contribution in [-0.2, 0) is 0 Å². The van der Waals surface area contributed by atoms with Gasteiger partial charge in [-0.2, -0.15) is 0 Å². The van der Waals surface area contributed by atoms with E-state index in [4.69, 9.17) is 0 Å². The summed E-state index contributed by atoms with van der Waals surface area (Å²) >= 11 is 0. The molecule has 2 fully saturated rings. The van der Waals surface area contributed by atoms with Gasteiger partial charge >= 0.3 is 0 Å². The first-order valence-electron chi connectivity index (χ1n) is 8.52. The fourth-order valence-electron chi connectivity index (χ4n) is 3.04. The summed E-state index contributed by atoms with van der Waals surface area (Å²) in [5.74, 6) is 0.905. The van der Waals surface area contributed by atoms with E-state index in [1.165, 1.54) is 71.6 Å². The van der Waals surface area contributed by atoms with Crippen LogP contribution in [0.15, 0.2) is 12.7 Å². The number of hydrogen-bond donors (Lipinski definition) is 1. The van der Waals surface area contributed by atoms with Gasteiger partial charge in [-0.25, -0.2) is 0 Å². The molecule has 0 saturated carbocycles. The number of likely N-dealkylation sites (tertiary alicyclic amines) is 1. The maximum Gasteiger partial charge on any atom is 0.0110 e. The molecule has 4 nitrogen and oxygen atoms in total. The monoisotopic (exact) mass is 296 g/mol. The highest BCUT2D eigenvalue weighted by Gasteiger charge is 2.19. The average molecular weight is 297 g/mol. The van der Waals surface area contributed by atoms with Crippen molar-refractivity contribution in [1.82, 2.24) is 20.0 Å². The first-order valence-corrected chi connectivity index (χ1v) is 8.52. The van der Waals surface area contributed by atoms with E-state index in [0.717, 1.165) is 5.92 Å². The Morgan fingerprint density at radius 2 is 1.43 bits per heavy atom. The summed E-state index contributed by atoms with van der Waals surface area (Å²) in [5, 5.41) is 2.75. The first kappa shape index (κ1) is 18.6. The smallest absolute Gasteiger partial charge is 0.0110 e. The van der Waals surface area contributed by atoms with Gasteiger partial charge in [-0.15, -0.1) is 6.58 Å². The molecule has 0 aliphatic carbocycles. The molecule has 0 unspecified atom stereocenters. The first-order chi connectivity index (χ1) is 10.2. The van der Waals surface area contributed by atoms with Gasteiger partial charge in [0.1, 0.15) is 0 Å². The molecule has 0 bridgehead atoms. The van der Waals surface area contributed by atoms with Crippen LogP contribution in [-0.4, -0.2) is 88.2 Å². The van der Waals surface area contributed by atoms with Gasteiger partial charge in [0.2, 0.25) is 0 Å². The van der Waals surface area contributed by atoms with Crippen LogP contribution in [0.4, 0.5) is 0 Å². The molecule has 0 spiro atoms. The molecule has 0 radical (unpaired) electrons. The average Bonchev–Trinajstić information content (AvgIpc) is 2.49. The standard InChI is InChI=1S/C15H29N3.C2H7N/c1-3-4-15-5-7-17(8-6-15)13-14-18-11-9-16(2)10-12-18;1-3-2/h3,15H,1,4-14H2,2H3;3H,1-2H3. The molecule has 2 aliphatic rings. The van der Waals surface area contributed by atoms with Crippen molar-refractivity contribution in [2.75, 3.05) is 73.5 Å². The minimum atomic E-state index is 0.905. The molecule has 21 heavy (non-hydrogen) atoms. The zero-order valence-corrected chi connectivity index (χ0v) is 14.5. The lowest BCUT2D eigenvalue weighted by Gasteiger charge is -2.36. The van der Waals surface area contributed by atoms with Crippen LogP contribution < -0.4 is 5.32 Å². The summed E-state index contributed by atoms with van der Waals surface area (Å²) in [7, 11) is 5.97. The Morgan fingerprint density at radius 3 is 1.90 bits per heavy atom. The van der Waals surface area contributed by atoms with Crippen LogP contribution in [0.1, 0.15) is 19.3 Å². The molecule has 1 N–H and O–H groups in total. The maximum atomic E-state index is 3.85. The Bertz CT molecular complexity index is 254. The summed E-state index contributed by atoms with van der Waals surface area (Å²) in [5.41, 5.74) is 0. The van der Waals surface area contributed by atoms with Crippen molar-refractivity contribution in [3.63, 3.8) is 0 Å². The molecule has 2 rings (SSSR count). The van der Waals surface area contributed by atoms with Crippen LogP contribution in [0, 0.1) is 5.92 Å². The lowest BCUT2D eigenvalue weighted by Crippen LogP contribution is -2.47. The molecule has 2 aliphatic heterocycles. The second kappa shape index (κ2) is 11.2. The van der Waals surface area contributed by atoms with Gasteiger partial charge in [0.05, 0.1) is 0 Å². The number of likely N-dealkylation sites (N-methyl/N-ethyl adjacent to an activating group) is 1. The van der Waals surface area contributed by atoms with E-state index < -0.39 is 0 Å². The summed E-state index contributed by atoms with van der Waals surface area (Å²) in [6, 6.07) is 0. The molecule has 4 heteroatoms. The summed E-state index contributed by atoms with van der Waals surface area (Å²) in [4.78, 5) is 7.70. The fourth-order valence-corrected chi connectivity index (χ4v) is 3.04. The van der Waals surface area contributed by atoms with Gasteiger partial charge in [0.15, 0.2) is 0 Å². The highest BCUT2D eigenvalue weighted by molar-refractivity contribution is 4.79. The van der Waals surface area contributed by atoms with E-state index >= 15 is 0 Å². The van der Waals surface area contributed by atoms with E-state index in [9.17, 15) is 0 Å². The van der Waals surface area contributed by atoms with Crippen molar-refractivity contribution in [1.29, 1.82) is 0 Å². The quantitative estimate of drug-likeness (QED) is 0.773. The minimum Gasteiger partial charge on any atom is -0.323 e. The van der Waals surface area contributed by atoms with Crippen LogP contribution >= 0.6 is 0 Å². The molecule has 2 saturated heterocycles. The molecule has 2 heterocycles. The van der Waals surface area contributed by atoms with Crippen LogP contribution in [0.25, 0.3) is 0 Å². The highest BCUT2D eigenvalue weighted by atomic mass is 15.3. The van der Waals surface area contributed by atoms with E-state index in [-0.39, 0.29) is 0 Å². The molecule has 0 aromatic rings. The number of piperidine rings is 1. The SMILES string of the molecule is C=CCC1CCN(CCN2CCN(C)CC2)CC1.CNC. The van der Waals surface area contributed by atoms with Crippen molar-refractivity contribution in [2.24, 2.45) is 5.92 Å². The van der Waals surface area contributed by atoms with Crippen molar-refractivity contribution >= 4 is 0 Å². The fraction of sp³-hybridized carbons (Fsp3) is 0.882. The number of hydrogen-bond acceptors (Lipinski definition) is 4. The number of nitrogens with one attached hydrogen (secondary N) is 1. The molecule has 0 aromatic heterocycles. The van der Waals surface area contributed by atoms with Crippen molar-refractivity contribution in [2.45, 2.75) is 19.3 Å². The predicted octanol–water partition coefficient (Wildman–Crippen LogP) is 1.36. The predicted molar refractivity (Wildman–Crippen MR) is 92.9 cm³/mol. The number of nitrogens with zero attached hydrogens (tertiary/aromatic N) is 3. The summed E-state index contributed by atoms with van der Waals surface area (Å²) in [6.45, 7) is 14.0. The molecule has 0 amide bonds. The van der Waals surface area contributed by atoms with Crippen molar-refractivity contribution in [3.05, 3.63) is 12.7 Å². The molecule has 0 atom stereocenters. The Hall–Kier alpha value is -0.420. The number of piperazine rings is 1. The second-order valence-electron chi connectivity index (χ2n) is 6.45. The van der Waals surface area contributed by atoms with E-state index in [2.05, 4.69) is 39.7 Å². The van der Waals surface area contributed by atoms with Gasteiger partial charge in [-0.1, -0.05) is 6.08 Å². The van der Waals surface area contributed by atoms with Crippen molar-refractivity contribution in [3.8, 4) is 0 Å². The zero-order valence-electron chi connectivity index (χ0n) is 14.5. The lowest BCUT2D eigenvalue weighted by atomic mass is 9.94.